The summed E-state index contributed by atoms with van der Waals surface area (Å²) in [5, 5.41) is 0. The smallest absolute Gasteiger partial charge is 0.311 e. The van der Waals surface area contributed by atoms with Gasteiger partial charge in [-0.05, 0) is 54.8 Å². The third-order valence-electron chi connectivity index (χ3n) is 4.85. The Labute approximate surface area is 190 Å². The van der Waals surface area contributed by atoms with Crippen molar-refractivity contribution in [2.24, 2.45) is 0 Å². The summed E-state index contributed by atoms with van der Waals surface area (Å²) in [6.45, 7) is 1.81. The lowest BCUT2D eigenvalue weighted by molar-refractivity contribution is -0.134. The predicted molar refractivity (Wildman–Crippen MR) is 122 cm³/mol. The quantitative estimate of drug-likeness (QED) is 0.239. The molecular weight excluding hydrogens is 460 g/mol. The number of halogens is 1. The normalized spacial score (nSPS) is 10.5. The molecule has 3 aromatic carbocycles. The van der Waals surface area contributed by atoms with Crippen LogP contribution in [0.4, 0.5) is 0 Å². The van der Waals surface area contributed by atoms with Crippen LogP contribution < -0.4 is 14.2 Å². The first kappa shape index (κ1) is 22.6. The number of hydrogen-bond acceptors (Lipinski definition) is 5. The van der Waals surface area contributed by atoms with Gasteiger partial charge in [0.1, 0.15) is 5.75 Å². The molecule has 0 amide bonds. The van der Waals surface area contributed by atoms with Crippen LogP contribution in [-0.2, 0) is 11.2 Å². The van der Waals surface area contributed by atoms with E-state index in [1.54, 1.807) is 44.6 Å². The van der Waals surface area contributed by atoms with Crippen LogP contribution in [0.2, 0.25) is 0 Å². The Morgan fingerprint density at radius 2 is 1.52 bits per heavy atom. The van der Waals surface area contributed by atoms with Crippen LogP contribution in [-0.4, -0.2) is 26.0 Å². The van der Waals surface area contributed by atoms with Crippen molar-refractivity contribution in [3.8, 4) is 17.2 Å². The molecule has 0 saturated heterocycles. The summed E-state index contributed by atoms with van der Waals surface area (Å²) < 4.78 is 17.0. The van der Waals surface area contributed by atoms with Crippen molar-refractivity contribution in [3.63, 3.8) is 0 Å². The summed E-state index contributed by atoms with van der Waals surface area (Å²) in [5.74, 6) is 1.23. The molecule has 0 saturated carbocycles. The van der Waals surface area contributed by atoms with Crippen LogP contribution in [0.5, 0.6) is 17.2 Å². The van der Waals surface area contributed by atoms with Gasteiger partial charge < -0.3 is 14.2 Å². The summed E-state index contributed by atoms with van der Waals surface area (Å²) in [5.41, 5.74) is 2.81. The fourth-order valence-electron chi connectivity index (χ4n) is 3.16. The van der Waals surface area contributed by atoms with Gasteiger partial charge in [-0.3, -0.25) is 9.59 Å². The van der Waals surface area contributed by atoms with Crippen molar-refractivity contribution < 1.29 is 23.8 Å². The molecule has 0 fully saturated rings. The van der Waals surface area contributed by atoms with Crippen LogP contribution in [0.3, 0.4) is 0 Å². The number of carbonyl (C=O) groups is 2. The molecule has 5 nitrogen and oxygen atoms in total. The molecule has 0 radical (unpaired) electrons. The lowest BCUT2D eigenvalue weighted by Gasteiger charge is -2.12. The van der Waals surface area contributed by atoms with Gasteiger partial charge in [0.25, 0.3) is 0 Å². The number of ether oxygens (including phenoxy) is 3. The fraction of sp³-hybridized carbons (Fsp3) is 0.200. The van der Waals surface area contributed by atoms with E-state index < -0.39 is 0 Å². The molecule has 0 bridgehead atoms. The van der Waals surface area contributed by atoms with Gasteiger partial charge in [-0.1, -0.05) is 46.3 Å². The Balaban J connectivity index is 1.65. The minimum atomic E-state index is -0.355. The highest BCUT2D eigenvalue weighted by Crippen LogP contribution is 2.34. The lowest BCUT2D eigenvalue weighted by Crippen LogP contribution is -2.11. The molecule has 0 aliphatic carbocycles. The molecule has 0 spiro atoms. The monoisotopic (exact) mass is 482 g/mol. The Morgan fingerprint density at radius 1 is 0.839 bits per heavy atom. The molecule has 3 rings (SSSR count). The third kappa shape index (κ3) is 5.52. The van der Waals surface area contributed by atoms with Gasteiger partial charge in [0.05, 0.1) is 20.6 Å². The minimum Gasteiger partial charge on any atom is -0.493 e. The molecular formula is C25H23BrO5. The van der Waals surface area contributed by atoms with E-state index in [1.807, 2.05) is 37.3 Å². The summed E-state index contributed by atoms with van der Waals surface area (Å²) in [7, 11) is 3.14. The number of esters is 1. The molecule has 0 unspecified atom stereocenters. The van der Waals surface area contributed by atoms with Crippen LogP contribution in [0.15, 0.2) is 65.1 Å². The maximum Gasteiger partial charge on any atom is 0.311 e. The van der Waals surface area contributed by atoms with Crippen molar-refractivity contribution in [2.45, 2.75) is 19.8 Å². The Morgan fingerprint density at radius 3 is 2.16 bits per heavy atom. The zero-order valence-electron chi connectivity index (χ0n) is 17.6. The molecule has 6 heteroatoms. The van der Waals surface area contributed by atoms with E-state index in [4.69, 9.17) is 14.2 Å². The highest BCUT2D eigenvalue weighted by Gasteiger charge is 2.15. The zero-order valence-corrected chi connectivity index (χ0v) is 19.2. The number of methoxy groups -OCH3 is 2. The van der Waals surface area contributed by atoms with Gasteiger partial charge in [-0.25, -0.2) is 0 Å². The Bertz CT molecular complexity index is 1090. The van der Waals surface area contributed by atoms with Crippen molar-refractivity contribution >= 4 is 27.7 Å². The minimum absolute atomic E-state index is 0.0696. The van der Waals surface area contributed by atoms with Gasteiger partial charge >= 0.3 is 5.97 Å². The summed E-state index contributed by atoms with van der Waals surface area (Å²) >= 11 is 3.50. The number of ketones is 1. The standard InChI is InChI=1S/C25H23BrO5/c1-16-13-19(25(28)17-7-5-4-6-8-17)9-11-21(16)31-24(27)12-10-18-14-22(29-2)23(30-3)15-20(18)26/h4-9,11,13-15H,10,12H2,1-3H3. The number of rotatable bonds is 8. The van der Waals surface area contributed by atoms with E-state index in [0.29, 0.717) is 34.8 Å². The van der Waals surface area contributed by atoms with Crippen molar-refractivity contribution in [1.29, 1.82) is 0 Å². The Hall–Kier alpha value is -3.12. The summed E-state index contributed by atoms with van der Waals surface area (Å²) in [4.78, 5) is 25.0. The summed E-state index contributed by atoms with van der Waals surface area (Å²) in [6, 6.07) is 17.8. The lowest BCUT2D eigenvalue weighted by atomic mass is 10.0. The molecule has 31 heavy (non-hydrogen) atoms. The first-order valence-electron chi connectivity index (χ1n) is 9.74. The van der Waals surface area contributed by atoms with Crippen LogP contribution >= 0.6 is 15.9 Å². The van der Waals surface area contributed by atoms with E-state index in [-0.39, 0.29) is 18.2 Å². The molecule has 0 aromatic heterocycles. The maximum absolute atomic E-state index is 12.6. The first-order valence-corrected chi connectivity index (χ1v) is 10.5. The SMILES string of the molecule is COc1cc(Br)c(CCC(=O)Oc2ccc(C(=O)c3ccccc3)cc2C)cc1OC. The van der Waals surface area contributed by atoms with Gasteiger partial charge in [0, 0.05) is 15.6 Å². The molecule has 0 heterocycles. The molecule has 0 N–H and O–H groups in total. The number of benzene rings is 3. The number of hydrogen-bond donors (Lipinski definition) is 0. The van der Waals surface area contributed by atoms with Crippen LogP contribution in [0.25, 0.3) is 0 Å². The second-order valence-electron chi connectivity index (χ2n) is 6.95. The molecule has 3 aromatic rings. The molecule has 0 aliphatic rings. The average Bonchev–Trinajstić information content (AvgIpc) is 2.79. The molecule has 160 valence electrons. The fourth-order valence-corrected chi connectivity index (χ4v) is 3.68. The second-order valence-corrected chi connectivity index (χ2v) is 7.80. The Kier molecular flexibility index (Phi) is 7.47. The average molecular weight is 483 g/mol. The van der Waals surface area contributed by atoms with Crippen molar-refractivity contribution in [3.05, 3.63) is 87.4 Å². The maximum atomic E-state index is 12.6. The zero-order chi connectivity index (χ0) is 22.4. The molecule has 0 aliphatic heterocycles. The number of aryl methyl sites for hydroxylation is 2. The van der Waals surface area contributed by atoms with Crippen LogP contribution in [0, 0.1) is 6.92 Å². The summed E-state index contributed by atoms with van der Waals surface area (Å²) in [6.07, 6.45) is 0.668. The van der Waals surface area contributed by atoms with Gasteiger partial charge in [-0.2, -0.15) is 0 Å². The largest absolute Gasteiger partial charge is 0.493 e. The van der Waals surface area contributed by atoms with Gasteiger partial charge in [0.2, 0.25) is 0 Å². The van der Waals surface area contributed by atoms with E-state index in [0.717, 1.165) is 15.6 Å². The third-order valence-corrected chi connectivity index (χ3v) is 5.59. The highest BCUT2D eigenvalue weighted by molar-refractivity contribution is 9.10. The van der Waals surface area contributed by atoms with Gasteiger partial charge in [-0.15, -0.1) is 0 Å². The van der Waals surface area contributed by atoms with E-state index in [1.165, 1.54) is 0 Å². The van der Waals surface area contributed by atoms with E-state index in [2.05, 4.69) is 15.9 Å². The van der Waals surface area contributed by atoms with E-state index >= 15 is 0 Å². The second kappa shape index (κ2) is 10.3. The topological polar surface area (TPSA) is 61.8 Å². The van der Waals surface area contributed by atoms with Gasteiger partial charge in [0.15, 0.2) is 17.3 Å². The van der Waals surface area contributed by atoms with Crippen molar-refractivity contribution in [2.75, 3.05) is 14.2 Å². The molecule has 0 atom stereocenters. The predicted octanol–water partition coefficient (Wildman–Crippen LogP) is 5.54. The highest BCUT2D eigenvalue weighted by atomic mass is 79.9. The first-order chi connectivity index (χ1) is 14.9. The van der Waals surface area contributed by atoms with E-state index in [9.17, 15) is 9.59 Å². The van der Waals surface area contributed by atoms with Crippen LogP contribution in [0.1, 0.15) is 33.5 Å². The number of carbonyl (C=O) groups excluding carboxylic acids is 2. The van der Waals surface area contributed by atoms with Crippen molar-refractivity contribution in [1.82, 2.24) is 0 Å².